The number of carbonyl (C=O) groups is 1. The third-order valence-electron chi connectivity index (χ3n) is 5.20. The van der Waals surface area contributed by atoms with Crippen LogP contribution in [0.15, 0.2) is 22.8 Å². The number of hydrogen-bond donors (Lipinski definition) is 0. The average Bonchev–Trinajstić information content (AvgIpc) is 3.08. The highest BCUT2D eigenvalue weighted by Gasteiger charge is 2.32. The van der Waals surface area contributed by atoms with Crippen LogP contribution in [0.3, 0.4) is 0 Å². The SMILES string of the molecule is O=C(CSc1ncnc2sccc12)N1CC[C@H]2CCCC[C@@H]2C1. The summed E-state index contributed by atoms with van der Waals surface area (Å²) in [6.45, 7) is 1.92. The molecule has 0 N–H and O–H groups in total. The zero-order valence-electron chi connectivity index (χ0n) is 13.1. The number of aromatic nitrogens is 2. The summed E-state index contributed by atoms with van der Waals surface area (Å²) in [7, 11) is 0. The van der Waals surface area contributed by atoms with Gasteiger partial charge < -0.3 is 4.90 Å². The van der Waals surface area contributed by atoms with Gasteiger partial charge in [0, 0.05) is 18.5 Å². The topological polar surface area (TPSA) is 46.1 Å². The Morgan fingerprint density at radius 1 is 1.26 bits per heavy atom. The minimum Gasteiger partial charge on any atom is -0.342 e. The molecule has 0 aromatic carbocycles. The second-order valence-electron chi connectivity index (χ2n) is 6.54. The first-order valence-electron chi connectivity index (χ1n) is 8.40. The lowest BCUT2D eigenvalue weighted by Gasteiger charge is -2.41. The highest BCUT2D eigenvalue weighted by Crippen LogP contribution is 2.36. The van der Waals surface area contributed by atoms with Crippen LogP contribution in [0.25, 0.3) is 10.2 Å². The summed E-state index contributed by atoms with van der Waals surface area (Å²) in [6.07, 6.45) is 8.20. The van der Waals surface area contributed by atoms with Crippen molar-refractivity contribution in [2.45, 2.75) is 37.1 Å². The fourth-order valence-electron chi connectivity index (χ4n) is 3.93. The highest BCUT2D eigenvalue weighted by atomic mass is 32.2. The number of thioether (sulfide) groups is 1. The molecule has 4 nitrogen and oxygen atoms in total. The van der Waals surface area contributed by atoms with E-state index in [1.165, 1.54) is 32.1 Å². The van der Waals surface area contributed by atoms with Crippen molar-refractivity contribution in [1.82, 2.24) is 14.9 Å². The quantitative estimate of drug-likeness (QED) is 0.625. The van der Waals surface area contributed by atoms with E-state index in [-0.39, 0.29) is 5.91 Å². The molecule has 0 radical (unpaired) electrons. The first-order chi connectivity index (χ1) is 11.3. The molecule has 1 amide bonds. The van der Waals surface area contributed by atoms with E-state index in [4.69, 9.17) is 0 Å². The Balaban J connectivity index is 1.37. The molecule has 0 bridgehead atoms. The highest BCUT2D eigenvalue weighted by molar-refractivity contribution is 8.00. The molecule has 23 heavy (non-hydrogen) atoms. The van der Waals surface area contributed by atoms with Gasteiger partial charge in [-0.05, 0) is 36.1 Å². The van der Waals surface area contributed by atoms with Crippen LogP contribution in [0.5, 0.6) is 0 Å². The molecule has 122 valence electrons. The second-order valence-corrected chi connectivity index (χ2v) is 8.40. The Morgan fingerprint density at radius 2 is 2.13 bits per heavy atom. The van der Waals surface area contributed by atoms with E-state index in [1.807, 2.05) is 11.4 Å². The minimum absolute atomic E-state index is 0.265. The Kier molecular flexibility index (Phi) is 4.53. The van der Waals surface area contributed by atoms with Crippen LogP contribution in [0, 0.1) is 11.8 Å². The minimum atomic E-state index is 0.265. The maximum atomic E-state index is 12.6. The van der Waals surface area contributed by atoms with Gasteiger partial charge in [-0.1, -0.05) is 31.0 Å². The van der Waals surface area contributed by atoms with Gasteiger partial charge in [0.2, 0.25) is 5.91 Å². The van der Waals surface area contributed by atoms with Gasteiger partial charge in [-0.3, -0.25) is 4.79 Å². The molecular formula is C17H21N3OS2. The number of piperidine rings is 1. The molecule has 4 rings (SSSR count). The molecule has 3 heterocycles. The number of hydrogen-bond acceptors (Lipinski definition) is 5. The van der Waals surface area contributed by atoms with E-state index in [9.17, 15) is 4.79 Å². The van der Waals surface area contributed by atoms with E-state index in [2.05, 4.69) is 14.9 Å². The zero-order chi connectivity index (χ0) is 15.6. The van der Waals surface area contributed by atoms with Gasteiger partial charge in [-0.2, -0.15) is 0 Å². The van der Waals surface area contributed by atoms with Crippen LogP contribution in [0.4, 0.5) is 0 Å². The number of likely N-dealkylation sites (tertiary alicyclic amines) is 1. The molecule has 0 spiro atoms. The first-order valence-corrected chi connectivity index (χ1v) is 10.3. The number of nitrogens with zero attached hydrogens (tertiary/aromatic N) is 3. The maximum absolute atomic E-state index is 12.6. The van der Waals surface area contributed by atoms with Gasteiger partial charge in [0.15, 0.2) is 0 Å². The molecule has 2 atom stereocenters. The zero-order valence-corrected chi connectivity index (χ0v) is 14.7. The standard InChI is InChI=1S/C17H21N3OS2/c21-15(20-7-5-12-3-1-2-4-13(12)9-20)10-23-17-14-6-8-22-16(14)18-11-19-17/h6,8,11-13H,1-5,7,9-10H2/t12-,13-/m1/s1. The molecule has 2 fully saturated rings. The van der Waals surface area contributed by atoms with E-state index in [0.717, 1.165) is 40.2 Å². The van der Waals surface area contributed by atoms with E-state index < -0.39 is 0 Å². The van der Waals surface area contributed by atoms with Gasteiger partial charge in [-0.25, -0.2) is 9.97 Å². The molecule has 1 aliphatic heterocycles. The number of fused-ring (bicyclic) bond motifs is 2. The number of thiophene rings is 1. The first kappa shape index (κ1) is 15.4. The summed E-state index contributed by atoms with van der Waals surface area (Å²) in [5.74, 6) is 2.36. The Bertz CT molecular complexity index is 702. The van der Waals surface area contributed by atoms with Crippen molar-refractivity contribution in [3.63, 3.8) is 0 Å². The van der Waals surface area contributed by atoms with Crippen molar-refractivity contribution in [2.75, 3.05) is 18.8 Å². The second kappa shape index (κ2) is 6.77. The molecule has 6 heteroatoms. The van der Waals surface area contributed by atoms with Crippen LogP contribution in [-0.2, 0) is 4.79 Å². The van der Waals surface area contributed by atoms with Crippen molar-refractivity contribution in [2.24, 2.45) is 11.8 Å². The van der Waals surface area contributed by atoms with E-state index in [1.54, 1.807) is 29.4 Å². The van der Waals surface area contributed by atoms with Gasteiger partial charge in [0.1, 0.15) is 16.2 Å². The molecule has 1 saturated carbocycles. The lowest BCUT2D eigenvalue weighted by molar-refractivity contribution is -0.131. The normalized spacial score (nSPS) is 24.6. The summed E-state index contributed by atoms with van der Waals surface area (Å²) >= 11 is 3.17. The third kappa shape index (κ3) is 3.24. The largest absolute Gasteiger partial charge is 0.342 e. The van der Waals surface area contributed by atoms with Crippen LogP contribution in [0.1, 0.15) is 32.1 Å². The van der Waals surface area contributed by atoms with Crippen molar-refractivity contribution in [3.8, 4) is 0 Å². The van der Waals surface area contributed by atoms with Gasteiger partial charge in [0.25, 0.3) is 0 Å². The summed E-state index contributed by atoms with van der Waals surface area (Å²) in [5.41, 5.74) is 0. The van der Waals surface area contributed by atoms with Crippen LogP contribution < -0.4 is 0 Å². The van der Waals surface area contributed by atoms with Crippen molar-refractivity contribution >= 4 is 39.2 Å². The molecule has 1 saturated heterocycles. The Morgan fingerprint density at radius 3 is 3.04 bits per heavy atom. The fraction of sp³-hybridized carbons (Fsp3) is 0.588. The molecule has 2 aliphatic rings. The smallest absolute Gasteiger partial charge is 0.232 e. The number of amides is 1. The number of carbonyl (C=O) groups excluding carboxylic acids is 1. The summed E-state index contributed by atoms with van der Waals surface area (Å²) in [6, 6.07) is 2.04. The van der Waals surface area contributed by atoms with Crippen LogP contribution in [-0.4, -0.2) is 39.6 Å². The average molecular weight is 348 g/mol. The van der Waals surface area contributed by atoms with Crippen molar-refractivity contribution in [3.05, 3.63) is 17.8 Å². The predicted molar refractivity (Wildman–Crippen MR) is 94.8 cm³/mol. The lowest BCUT2D eigenvalue weighted by Crippen LogP contribution is -2.45. The summed E-state index contributed by atoms with van der Waals surface area (Å²) < 4.78 is 0. The monoisotopic (exact) mass is 347 g/mol. The lowest BCUT2D eigenvalue weighted by atomic mass is 9.75. The molecule has 2 aromatic rings. The number of rotatable bonds is 3. The van der Waals surface area contributed by atoms with Crippen molar-refractivity contribution < 1.29 is 4.79 Å². The van der Waals surface area contributed by atoms with E-state index in [0.29, 0.717) is 5.75 Å². The molecular weight excluding hydrogens is 326 g/mol. The van der Waals surface area contributed by atoms with Crippen LogP contribution in [0.2, 0.25) is 0 Å². The third-order valence-corrected chi connectivity index (χ3v) is 7.01. The Hall–Kier alpha value is -1.14. The van der Waals surface area contributed by atoms with Crippen LogP contribution >= 0.6 is 23.1 Å². The van der Waals surface area contributed by atoms with Crippen molar-refractivity contribution in [1.29, 1.82) is 0 Å². The fourth-order valence-corrected chi connectivity index (χ4v) is 5.61. The van der Waals surface area contributed by atoms with Gasteiger partial charge in [-0.15, -0.1) is 11.3 Å². The molecule has 0 unspecified atom stereocenters. The maximum Gasteiger partial charge on any atom is 0.232 e. The molecule has 2 aromatic heterocycles. The molecule has 1 aliphatic carbocycles. The summed E-state index contributed by atoms with van der Waals surface area (Å²) in [5, 5.41) is 4.03. The van der Waals surface area contributed by atoms with Gasteiger partial charge >= 0.3 is 0 Å². The van der Waals surface area contributed by atoms with E-state index >= 15 is 0 Å². The predicted octanol–water partition coefficient (Wildman–Crippen LogP) is 3.82. The Labute approximate surface area is 144 Å². The summed E-state index contributed by atoms with van der Waals surface area (Å²) in [4.78, 5) is 24.3. The van der Waals surface area contributed by atoms with Gasteiger partial charge in [0.05, 0.1) is 5.75 Å².